The van der Waals surface area contributed by atoms with Gasteiger partial charge in [0, 0.05) is 5.56 Å². The van der Waals surface area contributed by atoms with Crippen molar-refractivity contribution in [1.82, 2.24) is 0 Å². The molecular weight excluding hydrogens is 334 g/mol. The lowest BCUT2D eigenvalue weighted by atomic mass is 9.87. The van der Waals surface area contributed by atoms with E-state index in [9.17, 15) is 31.1 Å². The maximum atomic E-state index is 12.8. The van der Waals surface area contributed by atoms with Crippen LogP contribution in [-0.2, 0) is 6.18 Å². The van der Waals surface area contributed by atoms with Crippen molar-refractivity contribution in [3.63, 3.8) is 0 Å². The van der Waals surface area contributed by atoms with Crippen molar-refractivity contribution in [2.45, 2.75) is 24.7 Å². The Morgan fingerprint density at radius 1 is 0.875 bits per heavy atom. The molecule has 1 unspecified atom stereocenters. The van der Waals surface area contributed by atoms with Gasteiger partial charge in [0.15, 0.2) is 5.78 Å². The number of carbonyl (C=O) groups excluding carboxylic acids is 1. The second kappa shape index (κ2) is 6.67. The fraction of sp³-hybridized carbons (Fsp3) is 0.235. The van der Waals surface area contributed by atoms with E-state index in [4.69, 9.17) is 0 Å². The topological polar surface area (TPSA) is 17.1 Å². The standard InChI is InChI=1S/C17H12F6O/c18-16(19,20)10-14(15(24)11-5-2-1-3-6-11)12-7-4-8-13(9-12)17(21,22)23/h1-9,14H,10H2. The number of hydrogen-bond donors (Lipinski definition) is 0. The molecule has 0 bridgehead atoms. The SMILES string of the molecule is O=C(c1ccccc1)C(CC(F)(F)F)c1cccc(C(F)(F)F)c1. The van der Waals surface area contributed by atoms with Gasteiger partial charge in [-0.15, -0.1) is 0 Å². The van der Waals surface area contributed by atoms with Crippen LogP contribution >= 0.6 is 0 Å². The summed E-state index contributed by atoms with van der Waals surface area (Å²) in [6.07, 6.45) is -10.9. The van der Waals surface area contributed by atoms with E-state index in [2.05, 4.69) is 0 Å². The molecule has 0 radical (unpaired) electrons. The quantitative estimate of drug-likeness (QED) is 0.518. The van der Waals surface area contributed by atoms with Gasteiger partial charge in [0.25, 0.3) is 0 Å². The molecule has 0 saturated heterocycles. The lowest BCUT2D eigenvalue weighted by Gasteiger charge is -2.19. The molecule has 0 aliphatic rings. The molecule has 1 nitrogen and oxygen atoms in total. The van der Waals surface area contributed by atoms with E-state index < -0.39 is 36.0 Å². The van der Waals surface area contributed by atoms with Crippen molar-refractivity contribution in [3.05, 3.63) is 71.3 Å². The molecule has 0 fully saturated rings. The molecule has 0 saturated carbocycles. The minimum Gasteiger partial charge on any atom is -0.293 e. The summed E-state index contributed by atoms with van der Waals surface area (Å²) in [7, 11) is 0. The van der Waals surface area contributed by atoms with E-state index in [1.165, 1.54) is 24.3 Å². The van der Waals surface area contributed by atoms with E-state index in [0.29, 0.717) is 6.07 Å². The van der Waals surface area contributed by atoms with Gasteiger partial charge in [0.2, 0.25) is 0 Å². The monoisotopic (exact) mass is 346 g/mol. The first-order chi connectivity index (χ1) is 11.1. The van der Waals surface area contributed by atoms with E-state index in [1.54, 1.807) is 6.07 Å². The highest BCUT2D eigenvalue weighted by atomic mass is 19.4. The fourth-order valence-electron chi connectivity index (χ4n) is 2.33. The summed E-state index contributed by atoms with van der Waals surface area (Å²) in [6.45, 7) is 0. The van der Waals surface area contributed by atoms with Crippen LogP contribution < -0.4 is 0 Å². The molecule has 0 aromatic heterocycles. The van der Waals surface area contributed by atoms with Gasteiger partial charge in [0.1, 0.15) is 0 Å². The van der Waals surface area contributed by atoms with Crippen molar-refractivity contribution in [1.29, 1.82) is 0 Å². The Bertz CT molecular complexity index is 703. The zero-order valence-corrected chi connectivity index (χ0v) is 12.2. The summed E-state index contributed by atoms with van der Waals surface area (Å²) in [5, 5.41) is 0. The van der Waals surface area contributed by atoms with Crippen molar-refractivity contribution in [2.75, 3.05) is 0 Å². The average Bonchev–Trinajstić information content (AvgIpc) is 2.51. The summed E-state index contributed by atoms with van der Waals surface area (Å²) in [5.74, 6) is -2.60. The lowest BCUT2D eigenvalue weighted by Crippen LogP contribution is -2.21. The number of ketones is 1. The molecule has 2 rings (SSSR count). The van der Waals surface area contributed by atoms with Crippen molar-refractivity contribution in [2.24, 2.45) is 0 Å². The average molecular weight is 346 g/mol. The summed E-state index contributed by atoms with van der Waals surface area (Å²) in [5.41, 5.74) is -1.38. The van der Waals surface area contributed by atoms with Gasteiger partial charge < -0.3 is 0 Å². The number of carbonyl (C=O) groups is 1. The molecule has 2 aromatic carbocycles. The highest BCUT2D eigenvalue weighted by Crippen LogP contribution is 2.36. The van der Waals surface area contributed by atoms with Gasteiger partial charge in [-0.1, -0.05) is 48.5 Å². The summed E-state index contributed by atoms with van der Waals surface area (Å²) >= 11 is 0. The first-order valence-corrected chi connectivity index (χ1v) is 6.91. The van der Waals surface area contributed by atoms with Gasteiger partial charge in [-0.05, 0) is 11.6 Å². The third-order valence-electron chi connectivity index (χ3n) is 3.43. The summed E-state index contributed by atoms with van der Waals surface area (Å²) in [6, 6.07) is 10.6. The first kappa shape index (κ1) is 18.0. The van der Waals surface area contributed by atoms with Crippen LogP contribution in [0.2, 0.25) is 0 Å². The van der Waals surface area contributed by atoms with Crippen LogP contribution in [0.25, 0.3) is 0 Å². The van der Waals surface area contributed by atoms with E-state index >= 15 is 0 Å². The molecule has 0 spiro atoms. The highest BCUT2D eigenvalue weighted by Gasteiger charge is 2.38. The molecule has 2 aromatic rings. The summed E-state index contributed by atoms with van der Waals surface area (Å²) < 4.78 is 76.8. The Balaban J connectivity index is 2.46. The smallest absolute Gasteiger partial charge is 0.293 e. The first-order valence-electron chi connectivity index (χ1n) is 6.91. The van der Waals surface area contributed by atoms with Crippen LogP contribution in [0.15, 0.2) is 54.6 Å². The van der Waals surface area contributed by atoms with Gasteiger partial charge in [-0.25, -0.2) is 0 Å². The third kappa shape index (κ3) is 4.59. The van der Waals surface area contributed by atoms with Gasteiger partial charge in [-0.3, -0.25) is 4.79 Å². The Morgan fingerprint density at radius 2 is 1.50 bits per heavy atom. The molecule has 1 atom stereocenters. The molecule has 24 heavy (non-hydrogen) atoms. The van der Waals surface area contributed by atoms with E-state index in [0.717, 1.165) is 18.2 Å². The zero-order valence-electron chi connectivity index (χ0n) is 12.2. The lowest BCUT2D eigenvalue weighted by molar-refractivity contribution is -0.137. The Morgan fingerprint density at radius 3 is 2.04 bits per heavy atom. The minimum atomic E-state index is -4.70. The second-order valence-corrected chi connectivity index (χ2v) is 5.23. The predicted molar refractivity (Wildman–Crippen MR) is 75.6 cm³/mol. The minimum absolute atomic E-state index is 0.0177. The van der Waals surface area contributed by atoms with Crippen LogP contribution in [-0.4, -0.2) is 12.0 Å². The van der Waals surface area contributed by atoms with Crippen molar-refractivity contribution >= 4 is 5.78 Å². The Labute approximate surface area is 133 Å². The van der Waals surface area contributed by atoms with Crippen LogP contribution in [0.1, 0.15) is 33.8 Å². The van der Waals surface area contributed by atoms with Crippen molar-refractivity contribution in [3.8, 4) is 0 Å². The number of benzene rings is 2. The molecule has 0 amide bonds. The molecule has 7 heteroatoms. The highest BCUT2D eigenvalue weighted by molar-refractivity contribution is 6.01. The molecule has 0 N–H and O–H groups in total. The number of halogens is 6. The number of Topliss-reactive ketones (excluding diaryl/α,β-unsaturated/α-hetero) is 1. The number of rotatable bonds is 4. The van der Waals surface area contributed by atoms with Gasteiger partial charge in [0.05, 0.1) is 17.9 Å². The van der Waals surface area contributed by atoms with E-state index in [-0.39, 0.29) is 11.1 Å². The van der Waals surface area contributed by atoms with E-state index in [1.807, 2.05) is 0 Å². The largest absolute Gasteiger partial charge is 0.416 e. The molecule has 0 heterocycles. The molecular formula is C17H12F6O. The van der Waals surface area contributed by atoms with Gasteiger partial charge >= 0.3 is 12.4 Å². The maximum absolute atomic E-state index is 12.8. The zero-order chi connectivity index (χ0) is 18.0. The third-order valence-corrected chi connectivity index (χ3v) is 3.43. The Kier molecular flexibility index (Phi) is 5.01. The summed E-state index contributed by atoms with van der Waals surface area (Å²) in [4.78, 5) is 12.4. The normalized spacial score (nSPS) is 13.6. The van der Waals surface area contributed by atoms with Crippen LogP contribution in [0.3, 0.4) is 0 Å². The van der Waals surface area contributed by atoms with Crippen LogP contribution in [0, 0.1) is 0 Å². The maximum Gasteiger partial charge on any atom is 0.416 e. The van der Waals surface area contributed by atoms with Crippen LogP contribution in [0.5, 0.6) is 0 Å². The Hall–Kier alpha value is -2.31. The number of hydrogen-bond acceptors (Lipinski definition) is 1. The fourth-order valence-corrected chi connectivity index (χ4v) is 2.33. The number of alkyl halides is 6. The predicted octanol–water partition coefficient (Wildman–Crippen LogP) is 5.62. The van der Waals surface area contributed by atoms with Crippen LogP contribution in [0.4, 0.5) is 26.3 Å². The molecule has 0 aliphatic carbocycles. The molecule has 128 valence electrons. The molecule has 0 aliphatic heterocycles. The van der Waals surface area contributed by atoms with Crippen molar-refractivity contribution < 1.29 is 31.1 Å². The van der Waals surface area contributed by atoms with Gasteiger partial charge in [-0.2, -0.15) is 26.3 Å². The second-order valence-electron chi connectivity index (χ2n) is 5.23.